The molecule has 25 heavy (non-hydrogen) atoms. The van der Waals surface area contributed by atoms with Crippen LogP contribution in [0.3, 0.4) is 0 Å². The van der Waals surface area contributed by atoms with Crippen molar-refractivity contribution >= 4 is 28.6 Å². The molecular weight excluding hydrogens is 350 g/mol. The number of carboxylic acids is 1. The lowest BCUT2D eigenvalue weighted by Gasteiger charge is -2.33. The average Bonchev–Trinajstić information content (AvgIpc) is 3.32. The number of rotatable bonds is 4. The first-order valence-corrected chi connectivity index (χ1v) is 10.1. The Morgan fingerprint density at radius 1 is 1.12 bits per heavy atom. The zero-order chi connectivity index (χ0) is 17.2. The number of nitrogens with one attached hydrogen (secondary N) is 1. The van der Waals surface area contributed by atoms with Gasteiger partial charge in [0.15, 0.2) is 0 Å². The van der Waals surface area contributed by atoms with E-state index in [1.165, 1.54) is 22.5 Å². The Kier molecular flexibility index (Phi) is 4.70. The largest absolute Gasteiger partial charge is 0.477 e. The number of benzene rings is 1. The predicted molar refractivity (Wildman–Crippen MR) is 104 cm³/mol. The minimum Gasteiger partial charge on any atom is -0.477 e. The Morgan fingerprint density at radius 3 is 2.68 bits per heavy atom. The lowest BCUT2D eigenvalue weighted by Crippen LogP contribution is -2.34. The van der Waals surface area contributed by atoms with Crippen molar-refractivity contribution in [3.63, 3.8) is 0 Å². The summed E-state index contributed by atoms with van der Waals surface area (Å²) in [6.45, 7) is 1.88. The molecular formula is C20H19NO2S2. The van der Waals surface area contributed by atoms with Crippen LogP contribution in [0.5, 0.6) is 0 Å². The summed E-state index contributed by atoms with van der Waals surface area (Å²) in [6, 6.07) is 16.6. The van der Waals surface area contributed by atoms with Crippen LogP contribution in [0.4, 0.5) is 0 Å². The van der Waals surface area contributed by atoms with Gasteiger partial charge in [0, 0.05) is 22.2 Å². The summed E-state index contributed by atoms with van der Waals surface area (Å²) in [5.74, 6) is -0.135. The lowest BCUT2D eigenvalue weighted by molar-refractivity contribution is 0.0702. The van der Waals surface area contributed by atoms with Crippen LogP contribution in [0.25, 0.3) is 9.75 Å². The van der Waals surface area contributed by atoms with Gasteiger partial charge in [0.25, 0.3) is 0 Å². The fourth-order valence-corrected chi connectivity index (χ4v) is 5.62. The summed E-state index contributed by atoms with van der Waals surface area (Å²) in [4.78, 5) is 14.3. The Morgan fingerprint density at radius 2 is 1.96 bits per heavy atom. The molecule has 1 aliphatic rings. The van der Waals surface area contributed by atoms with Crippen molar-refractivity contribution in [2.24, 2.45) is 0 Å². The second kappa shape index (κ2) is 7.12. The van der Waals surface area contributed by atoms with Crippen LogP contribution < -0.4 is 5.32 Å². The third-order valence-corrected chi connectivity index (χ3v) is 7.01. The predicted octanol–water partition coefficient (Wildman–Crippen LogP) is 5.04. The van der Waals surface area contributed by atoms with Gasteiger partial charge in [-0.2, -0.15) is 0 Å². The SMILES string of the molecule is O=C(O)c1cc([C@@H]2CNCC[C@H]2c2ccccc2)c(-c2cccs2)s1. The van der Waals surface area contributed by atoms with E-state index in [1.807, 2.05) is 23.6 Å². The second-order valence-corrected chi connectivity index (χ2v) is 8.29. The van der Waals surface area contributed by atoms with E-state index >= 15 is 0 Å². The molecule has 5 heteroatoms. The van der Waals surface area contributed by atoms with Crippen LogP contribution in [0, 0.1) is 0 Å². The first-order valence-electron chi connectivity index (χ1n) is 8.40. The molecule has 2 aromatic heterocycles. The highest BCUT2D eigenvalue weighted by Crippen LogP contribution is 2.45. The van der Waals surface area contributed by atoms with E-state index in [9.17, 15) is 9.90 Å². The Balaban J connectivity index is 1.80. The molecule has 4 rings (SSSR count). The van der Waals surface area contributed by atoms with Crippen molar-refractivity contribution in [3.8, 4) is 9.75 Å². The van der Waals surface area contributed by atoms with Gasteiger partial charge in [-0.3, -0.25) is 0 Å². The van der Waals surface area contributed by atoms with Crippen LogP contribution in [-0.2, 0) is 0 Å². The summed E-state index contributed by atoms with van der Waals surface area (Å²) in [6.07, 6.45) is 1.07. The van der Waals surface area contributed by atoms with Gasteiger partial charge in [0.2, 0.25) is 0 Å². The molecule has 0 spiro atoms. The fourth-order valence-electron chi connectivity index (χ4n) is 3.67. The normalized spacial score (nSPS) is 20.5. The first kappa shape index (κ1) is 16.5. The number of thiophene rings is 2. The van der Waals surface area contributed by atoms with Crippen LogP contribution in [0.15, 0.2) is 53.9 Å². The molecule has 1 aromatic carbocycles. The number of hydrogen-bond donors (Lipinski definition) is 2. The maximum Gasteiger partial charge on any atom is 0.345 e. The summed E-state index contributed by atoms with van der Waals surface area (Å²) in [5, 5.41) is 15.1. The van der Waals surface area contributed by atoms with Crippen LogP contribution >= 0.6 is 22.7 Å². The number of hydrogen-bond acceptors (Lipinski definition) is 4. The van der Waals surface area contributed by atoms with Gasteiger partial charge in [-0.25, -0.2) is 4.79 Å². The maximum absolute atomic E-state index is 11.6. The molecule has 0 aliphatic carbocycles. The monoisotopic (exact) mass is 369 g/mol. The minimum absolute atomic E-state index is 0.289. The topological polar surface area (TPSA) is 49.3 Å². The second-order valence-electron chi connectivity index (χ2n) is 6.29. The van der Waals surface area contributed by atoms with E-state index in [4.69, 9.17) is 0 Å². The number of piperidine rings is 1. The first-order chi connectivity index (χ1) is 12.2. The molecule has 3 heterocycles. The molecule has 0 saturated carbocycles. The van der Waals surface area contributed by atoms with E-state index in [2.05, 4.69) is 35.6 Å². The van der Waals surface area contributed by atoms with E-state index in [0.29, 0.717) is 10.8 Å². The maximum atomic E-state index is 11.6. The van der Waals surface area contributed by atoms with Crippen LogP contribution in [0.2, 0.25) is 0 Å². The summed E-state index contributed by atoms with van der Waals surface area (Å²) in [7, 11) is 0. The quantitative estimate of drug-likeness (QED) is 0.678. The lowest BCUT2D eigenvalue weighted by atomic mass is 9.77. The molecule has 3 aromatic rings. The van der Waals surface area contributed by atoms with Crippen LogP contribution in [-0.4, -0.2) is 24.2 Å². The molecule has 2 N–H and O–H groups in total. The molecule has 1 aliphatic heterocycles. The molecule has 0 amide bonds. The standard InChI is InChI=1S/C20H19NO2S2/c22-20(23)18-11-15(19(25-18)17-7-4-10-24-17)16-12-21-9-8-14(16)13-5-2-1-3-6-13/h1-7,10-11,14,16,21H,8-9,12H2,(H,22,23)/t14-,16+/m0/s1. The van der Waals surface area contributed by atoms with Crippen molar-refractivity contribution in [1.82, 2.24) is 5.32 Å². The third kappa shape index (κ3) is 3.27. The molecule has 128 valence electrons. The molecule has 0 bridgehead atoms. The smallest absolute Gasteiger partial charge is 0.345 e. The average molecular weight is 370 g/mol. The van der Waals surface area contributed by atoms with Gasteiger partial charge in [0.1, 0.15) is 4.88 Å². The van der Waals surface area contributed by atoms with E-state index in [-0.39, 0.29) is 5.92 Å². The van der Waals surface area contributed by atoms with Crippen molar-refractivity contribution in [3.05, 3.63) is 69.9 Å². The van der Waals surface area contributed by atoms with Crippen molar-refractivity contribution < 1.29 is 9.90 Å². The van der Waals surface area contributed by atoms with Crippen LogP contribution in [0.1, 0.15) is 39.1 Å². The molecule has 3 nitrogen and oxygen atoms in total. The van der Waals surface area contributed by atoms with E-state index in [1.54, 1.807) is 11.3 Å². The number of aromatic carboxylic acids is 1. The summed E-state index contributed by atoms with van der Waals surface area (Å²) >= 11 is 3.07. The van der Waals surface area contributed by atoms with Gasteiger partial charge in [-0.1, -0.05) is 36.4 Å². The van der Waals surface area contributed by atoms with Crippen molar-refractivity contribution in [1.29, 1.82) is 0 Å². The summed E-state index contributed by atoms with van der Waals surface area (Å²) in [5.41, 5.74) is 2.51. The highest BCUT2D eigenvalue weighted by atomic mass is 32.1. The van der Waals surface area contributed by atoms with E-state index in [0.717, 1.165) is 29.3 Å². The number of carbonyl (C=O) groups is 1. The molecule has 1 saturated heterocycles. The van der Waals surface area contributed by atoms with Crippen molar-refractivity contribution in [2.75, 3.05) is 13.1 Å². The van der Waals surface area contributed by atoms with Gasteiger partial charge in [-0.05, 0) is 47.5 Å². The third-order valence-electron chi connectivity index (χ3n) is 4.83. The van der Waals surface area contributed by atoms with E-state index < -0.39 is 5.97 Å². The number of carboxylic acid groups (broad SMARTS) is 1. The van der Waals surface area contributed by atoms with Gasteiger partial charge in [-0.15, -0.1) is 22.7 Å². The Bertz CT molecular complexity index is 855. The minimum atomic E-state index is -0.839. The zero-order valence-corrected chi connectivity index (χ0v) is 15.3. The Hall–Kier alpha value is -1.95. The van der Waals surface area contributed by atoms with Gasteiger partial charge in [0.05, 0.1) is 0 Å². The summed E-state index contributed by atoms with van der Waals surface area (Å²) < 4.78 is 0. The van der Waals surface area contributed by atoms with Gasteiger partial charge >= 0.3 is 5.97 Å². The van der Waals surface area contributed by atoms with Crippen molar-refractivity contribution in [2.45, 2.75) is 18.3 Å². The molecule has 1 fully saturated rings. The molecule has 2 atom stereocenters. The van der Waals surface area contributed by atoms with Gasteiger partial charge < -0.3 is 10.4 Å². The molecule has 0 unspecified atom stereocenters. The zero-order valence-electron chi connectivity index (χ0n) is 13.6. The highest BCUT2D eigenvalue weighted by Gasteiger charge is 2.31. The highest BCUT2D eigenvalue weighted by molar-refractivity contribution is 7.22. The Labute approximate surface area is 155 Å². The molecule has 0 radical (unpaired) electrons. The fraction of sp³-hybridized carbons (Fsp3) is 0.250.